The minimum absolute atomic E-state index is 0.0163. The molecule has 0 unspecified atom stereocenters. The van der Waals surface area contributed by atoms with Crippen molar-refractivity contribution in [2.24, 2.45) is 0 Å². The van der Waals surface area contributed by atoms with E-state index in [-0.39, 0.29) is 11.0 Å². The van der Waals surface area contributed by atoms with Crippen LogP contribution in [0.15, 0.2) is 164 Å². The highest BCUT2D eigenvalue weighted by atomic mass is 28.2. The third-order valence-electron chi connectivity index (χ3n) is 7.84. The molecule has 0 bridgehead atoms. The molecule has 0 spiro atoms. The Morgan fingerprint density at radius 3 is 1.55 bits per heavy atom. The molecule has 0 aliphatic carbocycles. The molecule has 0 fully saturated rings. The van der Waals surface area contributed by atoms with Crippen LogP contribution in [0.2, 0.25) is 0 Å². The van der Waals surface area contributed by atoms with Crippen molar-refractivity contribution in [1.29, 1.82) is 0 Å². The summed E-state index contributed by atoms with van der Waals surface area (Å²) >= 11 is 0. The molecule has 5 aromatic carbocycles. The van der Waals surface area contributed by atoms with Crippen molar-refractivity contribution in [3.8, 4) is 0 Å². The highest BCUT2D eigenvalue weighted by Crippen LogP contribution is 2.33. The van der Waals surface area contributed by atoms with Gasteiger partial charge >= 0.3 is 0 Å². The average molecular weight is 561 g/mol. The fourth-order valence-electron chi connectivity index (χ4n) is 5.54. The normalized spacial score (nSPS) is 11.5. The van der Waals surface area contributed by atoms with Gasteiger partial charge in [0.1, 0.15) is 0 Å². The summed E-state index contributed by atoms with van der Waals surface area (Å²) in [4.78, 5) is 4.41. The fraction of sp³-hybridized carbons (Fsp3) is 0.132. The van der Waals surface area contributed by atoms with Crippen molar-refractivity contribution in [2.75, 3.05) is 0 Å². The third kappa shape index (κ3) is 6.72. The largest absolute Gasteiger partial charge is 0.326 e. The van der Waals surface area contributed by atoms with E-state index in [2.05, 4.69) is 139 Å². The lowest BCUT2D eigenvalue weighted by Crippen LogP contribution is -2.46. The standard InChI is InChI=1S/C25H26N2Si.C13H11B/c1-20(2)21-10-9-15-24(18-21)28-25(27-17-16-26-19-27,22-11-5-3-6-12-22)23-13-7-4-8-14-23;14-13(11-7-3-1-4-8-11)12-9-5-2-6-10-12/h3-20H,28H2,1-2H3;1-10,13H. The predicted octanol–water partition coefficient (Wildman–Crippen LogP) is 7.19. The van der Waals surface area contributed by atoms with E-state index in [1.165, 1.54) is 21.9 Å². The summed E-state index contributed by atoms with van der Waals surface area (Å²) in [6.45, 7) is 4.52. The molecule has 2 radical (unpaired) electrons. The van der Waals surface area contributed by atoms with Gasteiger partial charge in [-0.3, -0.25) is 0 Å². The van der Waals surface area contributed by atoms with Crippen molar-refractivity contribution in [1.82, 2.24) is 9.55 Å². The molecular formula is C38H37BN2Si. The van der Waals surface area contributed by atoms with Gasteiger partial charge in [0.25, 0.3) is 0 Å². The first-order valence-electron chi connectivity index (χ1n) is 14.6. The van der Waals surface area contributed by atoms with Gasteiger partial charge in [-0.05, 0) is 39.6 Å². The van der Waals surface area contributed by atoms with E-state index in [0.29, 0.717) is 5.92 Å². The maximum Gasteiger partial charge on any atom is 0.0965 e. The Bertz CT molecular complexity index is 1540. The van der Waals surface area contributed by atoms with Crippen LogP contribution in [0.25, 0.3) is 0 Å². The molecule has 1 aromatic heterocycles. The van der Waals surface area contributed by atoms with E-state index in [9.17, 15) is 0 Å². The molecule has 206 valence electrons. The first-order chi connectivity index (χ1) is 20.6. The molecule has 0 N–H and O–H groups in total. The number of benzene rings is 5. The van der Waals surface area contributed by atoms with Crippen molar-refractivity contribution < 1.29 is 0 Å². The third-order valence-corrected chi connectivity index (χ3v) is 10.4. The maximum absolute atomic E-state index is 6.12. The second kappa shape index (κ2) is 14.0. The van der Waals surface area contributed by atoms with Gasteiger partial charge in [0.05, 0.1) is 28.9 Å². The highest BCUT2D eigenvalue weighted by molar-refractivity contribution is 6.57. The number of imidazole rings is 1. The van der Waals surface area contributed by atoms with Crippen molar-refractivity contribution >= 4 is 22.6 Å². The second-order valence-corrected chi connectivity index (χ2v) is 13.1. The molecule has 6 rings (SSSR count). The van der Waals surface area contributed by atoms with E-state index in [4.69, 9.17) is 7.85 Å². The molecule has 0 aliphatic heterocycles. The van der Waals surface area contributed by atoms with Crippen LogP contribution in [0, 0.1) is 0 Å². The molecule has 0 aliphatic rings. The van der Waals surface area contributed by atoms with Gasteiger partial charge in [-0.25, -0.2) is 4.98 Å². The van der Waals surface area contributed by atoms with Crippen LogP contribution in [-0.2, 0) is 5.16 Å². The van der Waals surface area contributed by atoms with E-state index in [0.717, 1.165) is 11.1 Å². The van der Waals surface area contributed by atoms with Gasteiger partial charge in [0.15, 0.2) is 0 Å². The summed E-state index contributed by atoms with van der Waals surface area (Å²) in [5, 5.41) is 1.25. The highest BCUT2D eigenvalue weighted by Gasteiger charge is 2.36. The van der Waals surface area contributed by atoms with E-state index >= 15 is 0 Å². The molecule has 0 saturated heterocycles. The first kappa shape index (κ1) is 29.1. The SMILES string of the molecule is CC(C)c1cccc([SiH2]C(c2ccccc2)(c2ccccc2)n2ccnc2)c1.[B]C(c1ccccc1)c1ccccc1. The Kier molecular flexibility index (Phi) is 9.68. The first-order valence-corrected chi connectivity index (χ1v) is 16.0. The van der Waals surface area contributed by atoms with Crippen LogP contribution in [0.4, 0.5) is 0 Å². The van der Waals surface area contributed by atoms with Crippen LogP contribution < -0.4 is 5.19 Å². The van der Waals surface area contributed by atoms with Gasteiger partial charge < -0.3 is 4.57 Å². The zero-order valence-electron chi connectivity index (χ0n) is 24.4. The van der Waals surface area contributed by atoms with E-state index in [1.54, 1.807) is 0 Å². The van der Waals surface area contributed by atoms with Gasteiger partial charge in [0, 0.05) is 12.4 Å². The van der Waals surface area contributed by atoms with Gasteiger partial charge in [0.2, 0.25) is 0 Å². The van der Waals surface area contributed by atoms with Crippen molar-refractivity contribution in [3.05, 3.63) is 192 Å². The van der Waals surface area contributed by atoms with Gasteiger partial charge in [-0.2, -0.15) is 0 Å². The summed E-state index contributed by atoms with van der Waals surface area (Å²) in [7, 11) is 5.32. The number of rotatable bonds is 8. The molecule has 0 atom stereocenters. The summed E-state index contributed by atoms with van der Waals surface area (Å²) in [5.74, 6) is 0.516. The molecule has 0 amide bonds. The number of hydrogen-bond acceptors (Lipinski definition) is 1. The predicted molar refractivity (Wildman–Crippen MR) is 180 cm³/mol. The Morgan fingerprint density at radius 2 is 1.10 bits per heavy atom. The van der Waals surface area contributed by atoms with Crippen LogP contribution >= 0.6 is 0 Å². The van der Waals surface area contributed by atoms with Crippen LogP contribution in [0.5, 0.6) is 0 Å². The monoisotopic (exact) mass is 560 g/mol. The molecule has 6 aromatic rings. The van der Waals surface area contributed by atoms with Gasteiger partial charge in [-0.1, -0.05) is 165 Å². The van der Waals surface area contributed by atoms with Crippen LogP contribution in [0.1, 0.15) is 53.4 Å². The molecular weight excluding hydrogens is 523 g/mol. The number of hydrogen-bond donors (Lipinski definition) is 0. The Balaban J connectivity index is 0.000000211. The Hall–Kier alpha value is -4.41. The molecule has 4 heteroatoms. The molecule has 1 heterocycles. The lowest BCUT2D eigenvalue weighted by atomic mass is 9.76. The number of aromatic nitrogens is 2. The number of nitrogens with zero attached hydrogens (tertiary/aromatic N) is 2. The molecule has 0 saturated carbocycles. The van der Waals surface area contributed by atoms with Gasteiger partial charge in [-0.15, -0.1) is 0 Å². The Labute approximate surface area is 254 Å². The lowest BCUT2D eigenvalue weighted by Gasteiger charge is -2.37. The zero-order valence-corrected chi connectivity index (χ0v) is 25.8. The van der Waals surface area contributed by atoms with E-state index in [1.807, 2.05) is 48.9 Å². The van der Waals surface area contributed by atoms with Crippen LogP contribution in [0.3, 0.4) is 0 Å². The minimum Gasteiger partial charge on any atom is -0.326 e. The summed E-state index contributed by atoms with van der Waals surface area (Å²) in [6, 6.07) is 51.2. The van der Waals surface area contributed by atoms with Crippen molar-refractivity contribution in [2.45, 2.75) is 30.7 Å². The molecule has 2 nitrogen and oxygen atoms in total. The maximum atomic E-state index is 6.12. The van der Waals surface area contributed by atoms with E-state index < -0.39 is 9.52 Å². The van der Waals surface area contributed by atoms with Crippen molar-refractivity contribution in [3.63, 3.8) is 0 Å². The second-order valence-electron chi connectivity index (χ2n) is 10.9. The summed E-state index contributed by atoms with van der Waals surface area (Å²) < 4.78 is 2.31. The lowest BCUT2D eigenvalue weighted by molar-refractivity contribution is 0.596. The quantitative estimate of drug-likeness (QED) is 0.180. The minimum atomic E-state index is -0.800. The smallest absolute Gasteiger partial charge is 0.0965 e. The summed E-state index contributed by atoms with van der Waals surface area (Å²) in [6.07, 6.45) is 5.97. The topological polar surface area (TPSA) is 17.8 Å². The molecule has 42 heavy (non-hydrogen) atoms. The Morgan fingerprint density at radius 1 is 0.619 bits per heavy atom. The summed E-state index contributed by atoms with van der Waals surface area (Å²) in [5.41, 5.74) is 6.35. The zero-order chi connectivity index (χ0) is 29.2. The average Bonchev–Trinajstić information content (AvgIpc) is 3.61. The fourth-order valence-corrected chi connectivity index (χ4v) is 7.98. The van der Waals surface area contributed by atoms with Crippen LogP contribution in [-0.4, -0.2) is 26.9 Å².